The summed E-state index contributed by atoms with van der Waals surface area (Å²) in [6.07, 6.45) is 10.4. The summed E-state index contributed by atoms with van der Waals surface area (Å²) >= 11 is 0. The summed E-state index contributed by atoms with van der Waals surface area (Å²) in [6.45, 7) is 9.54. The van der Waals surface area contributed by atoms with Crippen molar-refractivity contribution < 1.29 is 0 Å². The lowest BCUT2D eigenvalue weighted by Crippen LogP contribution is -2.21. The first-order valence-corrected chi connectivity index (χ1v) is 7.09. The Balaban J connectivity index is 2.45. The van der Waals surface area contributed by atoms with Gasteiger partial charge in [-0.1, -0.05) is 59.8 Å². The van der Waals surface area contributed by atoms with E-state index < -0.39 is 0 Å². The van der Waals surface area contributed by atoms with E-state index in [2.05, 4.69) is 27.7 Å². The van der Waals surface area contributed by atoms with Crippen molar-refractivity contribution in [1.82, 2.24) is 0 Å². The molecule has 90 valence electrons. The molecular formula is C15H30. The fourth-order valence-corrected chi connectivity index (χ4v) is 3.30. The summed E-state index contributed by atoms with van der Waals surface area (Å²) in [7, 11) is 0. The van der Waals surface area contributed by atoms with E-state index in [0.717, 1.165) is 23.7 Å². The van der Waals surface area contributed by atoms with Gasteiger partial charge in [0, 0.05) is 0 Å². The molecule has 0 unspecified atom stereocenters. The average molecular weight is 210 g/mol. The van der Waals surface area contributed by atoms with Gasteiger partial charge in [-0.2, -0.15) is 0 Å². The predicted molar refractivity (Wildman–Crippen MR) is 69.0 cm³/mol. The van der Waals surface area contributed by atoms with Gasteiger partial charge in [0.15, 0.2) is 0 Å². The van der Waals surface area contributed by atoms with E-state index in [1.165, 1.54) is 44.9 Å². The Hall–Kier alpha value is 0. The zero-order valence-electron chi connectivity index (χ0n) is 11.3. The van der Waals surface area contributed by atoms with E-state index in [1.807, 2.05) is 0 Å². The van der Waals surface area contributed by atoms with E-state index >= 15 is 0 Å². The predicted octanol–water partition coefficient (Wildman–Crippen LogP) is 5.28. The summed E-state index contributed by atoms with van der Waals surface area (Å²) in [5, 5.41) is 0. The molecule has 0 aromatic carbocycles. The number of rotatable bonds is 5. The quantitative estimate of drug-likeness (QED) is 0.579. The van der Waals surface area contributed by atoms with E-state index in [0.29, 0.717) is 0 Å². The Bertz CT molecular complexity index is 141. The Labute approximate surface area is 96.8 Å². The molecule has 15 heavy (non-hydrogen) atoms. The molecule has 0 saturated heterocycles. The minimum absolute atomic E-state index is 0.885. The van der Waals surface area contributed by atoms with Gasteiger partial charge in [-0.05, 0) is 36.5 Å². The van der Waals surface area contributed by atoms with Gasteiger partial charge >= 0.3 is 0 Å². The second-order valence-electron chi connectivity index (χ2n) is 6.42. The van der Waals surface area contributed by atoms with Crippen molar-refractivity contribution in [3.63, 3.8) is 0 Å². The highest BCUT2D eigenvalue weighted by Gasteiger charge is 2.24. The average Bonchev–Trinajstić information content (AvgIpc) is 2.17. The molecule has 0 aromatic heterocycles. The van der Waals surface area contributed by atoms with Crippen LogP contribution < -0.4 is 0 Å². The fraction of sp³-hybridized carbons (Fsp3) is 1.00. The van der Waals surface area contributed by atoms with Gasteiger partial charge in [0.1, 0.15) is 0 Å². The molecule has 0 aliphatic heterocycles. The maximum absolute atomic E-state index is 2.39. The number of hydrogen-bond acceptors (Lipinski definition) is 0. The third kappa shape index (κ3) is 5.04. The summed E-state index contributed by atoms with van der Waals surface area (Å²) in [6, 6.07) is 0. The summed E-state index contributed by atoms with van der Waals surface area (Å²) < 4.78 is 0. The van der Waals surface area contributed by atoms with Crippen LogP contribution in [0.5, 0.6) is 0 Å². The van der Waals surface area contributed by atoms with Crippen LogP contribution in [0.1, 0.15) is 72.6 Å². The van der Waals surface area contributed by atoms with Crippen LogP contribution in [0, 0.1) is 23.7 Å². The van der Waals surface area contributed by atoms with Crippen molar-refractivity contribution >= 4 is 0 Å². The molecule has 0 bridgehead atoms. The van der Waals surface area contributed by atoms with Gasteiger partial charge in [-0.15, -0.1) is 0 Å². The van der Waals surface area contributed by atoms with Crippen molar-refractivity contribution in [1.29, 1.82) is 0 Å². The van der Waals surface area contributed by atoms with Gasteiger partial charge in [-0.25, -0.2) is 0 Å². The molecule has 0 radical (unpaired) electrons. The Morgan fingerprint density at radius 1 is 0.800 bits per heavy atom. The maximum Gasteiger partial charge on any atom is -0.0381 e. The molecule has 1 aliphatic carbocycles. The van der Waals surface area contributed by atoms with Crippen LogP contribution in [-0.4, -0.2) is 0 Å². The van der Waals surface area contributed by atoms with Crippen LogP contribution in [0.3, 0.4) is 0 Å². The largest absolute Gasteiger partial charge is 0.0628 e. The molecule has 0 aromatic rings. The van der Waals surface area contributed by atoms with Gasteiger partial charge < -0.3 is 0 Å². The van der Waals surface area contributed by atoms with Crippen LogP contribution in [0.2, 0.25) is 0 Å². The molecule has 0 nitrogen and oxygen atoms in total. The summed E-state index contributed by atoms with van der Waals surface area (Å²) in [4.78, 5) is 0. The molecule has 0 heteroatoms. The van der Waals surface area contributed by atoms with Crippen molar-refractivity contribution in [3.05, 3.63) is 0 Å². The topological polar surface area (TPSA) is 0 Å². The standard InChI is InChI=1S/C15H30/c1-12(2)10-15(11-13(3)4)14-8-6-5-7-9-14/h12-15H,5-11H2,1-4H3. The Morgan fingerprint density at radius 2 is 1.27 bits per heavy atom. The molecule has 1 fully saturated rings. The Morgan fingerprint density at radius 3 is 1.67 bits per heavy atom. The van der Waals surface area contributed by atoms with E-state index in [-0.39, 0.29) is 0 Å². The molecule has 0 heterocycles. The normalized spacial score (nSPS) is 19.4. The first kappa shape index (κ1) is 13.1. The van der Waals surface area contributed by atoms with E-state index in [4.69, 9.17) is 0 Å². The van der Waals surface area contributed by atoms with E-state index in [9.17, 15) is 0 Å². The molecule has 0 atom stereocenters. The molecule has 0 amide bonds. The van der Waals surface area contributed by atoms with Crippen LogP contribution >= 0.6 is 0 Å². The highest BCUT2D eigenvalue weighted by Crippen LogP contribution is 2.36. The second kappa shape index (κ2) is 6.55. The molecule has 0 spiro atoms. The summed E-state index contributed by atoms with van der Waals surface area (Å²) in [5.41, 5.74) is 0. The minimum atomic E-state index is 0.885. The van der Waals surface area contributed by atoms with Gasteiger partial charge in [0.05, 0.1) is 0 Å². The van der Waals surface area contributed by atoms with Crippen LogP contribution in [0.15, 0.2) is 0 Å². The molecular weight excluding hydrogens is 180 g/mol. The SMILES string of the molecule is CC(C)CC(CC(C)C)C1CCCCC1. The Kier molecular flexibility index (Phi) is 5.71. The highest BCUT2D eigenvalue weighted by molar-refractivity contribution is 4.76. The van der Waals surface area contributed by atoms with Gasteiger partial charge in [0.25, 0.3) is 0 Å². The van der Waals surface area contributed by atoms with Gasteiger partial charge in [0.2, 0.25) is 0 Å². The molecule has 1 aliphatic rings. The zero-order chi connectivity index (χ0) is 11.3. The van der Waals surface area contributed by atoms with Gasteiger partial charge in [-0.3, -0.25) is 0 Å². The third-order valence-electron chi connectivity index (χ3n) is 3.86. The molecule has 0 N–H and O–H groups in total. The fourth-order valence-electron chi connectivity index (χ4n) is 3.30. The van der Waals surface area contributed by atoms with Crippen molar-refractivity contribution in [2.24, 2.45) is 23.7 Å². The van der Waals surface area contributed by atoms with Crippen LogP contribution in [0.25, 0.3) is 0 Å². The molecule has 1 rings (SSSR count). The van der Waals surface area contributed by atoms with Crippen molar-refractivity contribution in [2.75, 3.05) is 0 Å². The first-order chi connectivity index (χ1) is 7.09. The third-order valence-corrected chi connectivity index (χ3v) is 3.86. The lowest BCUT2D eigenvalue weighted by molar-refractivity contribution is 0.190. The summed E-state index contributed by atoms with van der Waals surface area (Å²) in [5.74, 6) is 3.85. The van der Waals surface area contributed by atoms with Crippen LogP contribution in [0.4, 0.5) is 0 Å². The van der Waals surface area contributed by atoms with Crippen LogP contribution in [-0.2, 0) is 0 Å². The first-order valence-electron chi connectivity index (χ1n) is 7.09. The van der Waals surface area contributed by atoms with Crippen molar-refractivity contribution in [2.45, 2.75) is 72.6 Å². The lowest BCUT2D eigenvalue weighted by atomic mass is 9.73. The smallest absolute Gasteiger partial charge is 0.0381 e. The zero-order valence-corrected chi connectivity index (χ0v) is 11.3. The monoisotopic (exact) mass is 210 g/mol. The highest BCUT2D eigenvalue weighted by atomic mass is 14.3. The second-order valence-corrected chi connectivity index (χ2v) is 6.42. The van der Waals surface area contributed by atoms with E-state index in [1.54, 1.807) is 0 Å². The lowest BCUT2D eigenvalue weighted by Gasteiger charge is -2.32. The number of hydrogen-bond donors (Lipinski definition) is 0. The maximum atomic E-state index is 2.39. The van der Waals surface area contributed by atoms with Crippen molar-refractivity contribution in [3.8, 4) is 0 Å². The molecule has 1 saturated carbocycles. The minimum Gasteiger partial charge on any atom is -0.0628 e.